The summed E-state index contributed by atoms with van der Waals surface area (Å²) in [6.07, 6.45) is 1.02. The molecular formula is C20H30N2O4. The van der Waals surface area contributed by atoms with Crippen LogP contribution in [0.15, 0.2) is 24.3 Å². The zero-order chi connectivity index (χ0) is 19.3. The number of nitrogens with zero attached hydrogens (tertiary/aromatic N) is 1. The molecule has 2 rings (SSSR count). The molecule has 6 heteroatoms. The van der Waals surface area contributed by atoms with Crippen LogP contribution in [0.5, 0.6) is 5.75 Å². The van der Waals surface area contributed by atoms with Crippen LogP contribution in [0.4, 0.5) is 0 Å². The van der Waals surface area contributed by atoms with E-state index in [1.165, 1.54) is 7.11 Å². The molecule has 0 saturated carbocycles. The lowest BCUT2D eigenvalue weighted by molar-refractivity contribution is -0.143. The van der Waals surface area contributed by atoms with E-state index in [9.17, 15) is 9.59 Å². The number of rotatable bonds is 6. The summed E-state index contributed by atoms with van der Waals surface area (Å²) in [5, 5.41) is 3.17. The molecule has 0 bridgehead atoms. The first-order valence-electron chi connectivity index (χ1n) is 8.97. The normalized spacial score (nSPS) is 19.9. The van der Waals surface area contributed by atoms with E-state index in [1.54, 1.807) is 7.11 Å². The van der Waals surface area contributed by atoms with Gasteiger partial charge in [-0.15, -0.1) is 0 Å². The Morgan fingerprint density at radius 1 is 1.27 bits per heavy atom. The molecule has 0 unspecified atom stereocenters. The van der Waals surface area contributed by atoms with Gasteiger partial charge < -0.3 is 19.7 Å². The molecular weight excluding hydrogens is 332 g/mol. The summed E-state index contributed by atoms with van der Waals surface area (Å²) in [7, 11) is 3.01. The van der Waals surface area contributed by atoms with E-state index in [0.29, 0.717) is 25.9 Å². The minimum atomic E-state index is -0.361. The molecule has 0 radical (unpaired) electrons. The number of methoxy groups -OCH3 is 2. The Labute approximate surface area is 155 Å². The Balaban J connectivity index is 2.19. The molecule has 6 nitrogen and oxygen atoms in total. The molecule has 1 saturated heterocycles. The van der Waals surface area contributed by atoms with Crippen LogP contribution < -0.4 is 10.1 Å². The van der Waals surface area contributed by atoms with Crippen LogP contribution in [0, 0.1) is 5.41 Å². The van der Waals surface area contributed by atoms with Gasteiger partial charge in [0, 0.05) is 25.6 Å². The second kappa shape index (κ2) is 8.54. The number of carbonyl (C=O) groups excluding carboxylic acids is 2. The van der Waals surface area contributed by atoms with E-state index in [0.717, 1.165) is 11.3 Å². The molecule has 144 valence electrons. The summed E-state index contributed by atoms with van der Waals surface area (Å²) < 4.78 is 10.1. The zero-order valence-corrected chi connectivity index (χ0v) is 16.4. The number of hydrogen-bond acceptors (Lipinski definition) is 5. The number of amides is 1. The van der Waals surface area contributed by atoms with Crippen LogP contribution in [-0.2, 0) is 20.9 Å². The summed E-state index contributed by atoms with van der Waals surface area (Å²) in [4.78, 5) is 26.7. The van der Waals surface area contributed by atoms with Gasteiger partial charge in [-0.2, -0.15) is 0 Å². The highest BCUT2D eigenvalue weighted by molar-refractivity contribution is 5.79. The van der Waals surface area contributed by atoms with Gasteiger partial charge in [0.1, 0.15) is 11.8 Å². The largest absolute Gasteiger partial charge is 0.497 e. The monoisotopic (exact) mass is 362 g/mol. The first-order valence-corrected chi connectivity index (χ1v) is 8.97. The maximum absolute atomic E-state index is 13.0. The SMILES string of the molecule is COC(=O)[C@@H]1C[C@@H](N(Cc2cccc(OC)c2)C(=O)CC(C)(C)C)CN1. The molecule has 2 atom stereocenters. The number of benzene rings is 1. The van der Waals surface area contributed by atoms with Crippen LogP contribution in [0.1, 0.15) is 39.2 Å². The fourth-order valence-corrected chi connectivity index (χ4v) is 3.22. The Hall–Kier alpha value is -2.08. The number of ether oxygens (including phenoxy) is 2. The van der Waals surface area contributed by atoms with Crippen molar-refractivity contribution >= 4 is 11.9 Å². The third kappa shape index (κ3) is 5.46. The molecule has 1 aromatic carbocycles. The molecule has 1 heterocycles. The summed E-state index contributed by atoms with van der Waals surface area (Å²) in [5.74, 6) is 0.581. The number of esters is 1. The lowest BCUT2D eigenvalue weighted by Crippen LogP contribution is -2.42. The molecule has 1 fully saturated rings. The molecule has 0 aliphatic carbocycles. The van der Waals surface area contributed by atoms with Crippen LogP contribution in [0.2, 0.25) is 0 Å². The summed E-state index contributed by atoms with van der Waals surface area (Å²) in [6.45, 7) is 7.24. The lowest BCUT2D eigenvalue weighted by atomic mass is 9.91. The van der Waals surface area contributed by atoms with Crippen molar-refractivity contribution in [2.45, 2.75) is 52.2 Å². The molecule has 1 aromatic rings. The second-order valence-corrected chi connectivity index (χ2v) is 7.98. The van der Waals surface area contributed by atoms with Gasteiger partial charge in [-0.1, -0.05) is 32.9 Å². The van der Waals surface area contributed by atoms with Gasteiger partial charge in [0.2, 0.25) is 5.91 Å². The van der Waals surface area contributed by atoms with Gasteiger partial charge in [0.05, 0.1) is 14.2 Å². The average Bonchev–Trinajstić information content (AvgIpc) is 3.07. The molecule has 1 aliphatic rings. The van der Waals surface area contributed by atoms with Crippen molar-refractivity contribution in [1.29, 1.82) is 0 Å². The minimum absolute atomic E-state index is 0.0415. The fraction of sp³-hybridized carbons (Fsp3) is 0.600. The molecule has 1 aliphatic heterocycles. The predicted octanol–water partition coefficient (Wildman–Crippen LogP) is 2.36. The van der Waals surface area contributed by atoms with Gasteiger partial charge in [0.15, 0.2) is 0 Å². The molecule has 1 N–H and O–H groups in total. The van der Waals surface area contributed by atoms with Gasteiger partial charge in [-0.3, -0.25) is 9.59 Å². The topological polar surface area (TPSA) is 67.9 Å². The van der Waals surface area contributed by atoms with Gasteiger partial charge >= 0.3 is 5.97 Å². The number of hydrogen-bond donors (Lipinski definition) is 1. The van der Waals surface area contributed by atoms with E-state index >= 15 is 0 Å². The van der Waals surface area contributed by atoms with Crippen LogP contribution >= 0.6 is 0 Å². The molecule has 26 heavy (non-hydrogen) atoms. The maximum atomic E-state index is 13.0. The van der Waals surface area contributed by atoms with Gasteiger partial charge in [0.25, 0.3) is 0 Å². The number of carbonyl (C=O) groups is 2. The maximum Gasteiger partial charge on any atom is 0.322 e. The van der Waals surface area contributed by atoms with E-state index in [1.807, 2.05) is 29.2 Å². The Kier molecular flexibility index (Phi) is 6.64. The Bertz CT molecular complexity index is 639. The molecule has 1 amide bonds. The van der Waals surface area contributed by atoms with Crippen molar-refractivity contribution in [3.05, 3.63) is 29.8 Å². The standard InChI is InChI=1S/C20H30N2O4/c1-20(2,3)11-18(23)22(13-14-7-6-8-16(9-14)25-4)15-10-17(21-12-15)19(24)26-5/h6-9,15,17,21H,10-13H2,1-5H3/t15-,17+/m1/s1. The second-order valence-electron chi connectivity index (χ2n) is 7.98. The van der Waals surface area contributed by atoms with Crippen LogP contribution in [0.25, 0.3) is 0 Å². The minimum Gasteiger partial charge on any atom is -0.497 e. The van der Waals surface area contributed by atoms with Gasteiger partial charge in [-0.05, 0) is 29.5 Å². The van der Waals surface area contributed by atoms with Crippen molar-refractivity contribution in [3.63, 3.8) is 0 Å². The van der Waals surface area contributed by atoms with Crippen LogP contribution in [0.3, 0.4) is 0 Å². The lowest BCUT2D eigenvalue weighted by Gasteiger charge is -2.31. The zero-order valence-electron chi connectivity index (χ0n) is 16.4. The molecule has 0 spiro atoms. The van der Waals surface area contributed by atoms with E-state index in [-0.39, 0.29) is 29.4 Å². The van der Waals surface area contributed by atoms with Crippen molar-refractivity contribution in [3.8, 4) is 5.75 Å². The van der Waals surface area contributed by atoms with E-state index < -0.39 is 0 Å². The Morgan fingerprint density at radius 2 is 2.00 bits per heavy atom. The van der Waals surface area contributed by atoms with E-state index in [4.69, 9.17) is 9.47 Å². The third-order valence-electron chi connectivity index (χ3n) is 4.52. The predicted molar refractivity (Wildman–Crippen MR) is 99.8 cm³/mol. The summed E-state index contributed by atoms with van der Waals surface area (Å²) >= 11 is 0. The van der Waals surface area contributed by atoms with Crippen molar-refractivity contribution in [1.82, 2.24) is 10.2 Å². The first-order chi connectivity index (χ1) is 12.2. The first kappa shape index (κ1) is 20.2. The highest BCUT2D eigenvalue weighted by Crippen LogP contribution is 2.25. The average molecular weight is 362 g/mol. The third-order valence-corrected chi connectivity index (χ3v) is 4.52. The van der Waals surface area contributed by atoms with Crippen molar-refractivity contribution in [2.24, 2.45) is 5.41 Å². The fourth-order valence-electron chi connectivity index (χ4n) is 3.22. The van der Waals surface area contributed by atoms with E-state index in [2.05, 4.69) is 26.1 Å². The number of nitrogens with one attached hydrogen (secondary N) is 1. The quantitative estimate of drug-likeness (QED) is 0.787. The van der Waals surface area contributed by atoms with Gasteiger partial charge in [-0.25, -0.2) is 0 Å². The Morgan fingerprint density at radius 3 is 2.62 bits per heavy atom. The summed E-state index contributed by atoms with van der Waals surface area (Å²) in [6, 6.07) is 7.33. The smallest absolute Gasteiger partial charge is 0.322 e. The summed E-state index contributed by atoms with van der Waals surface area (Å²) in [5.41, 5.74) is 0.908. The highest BCUT2D eigenvalue weighted by Gasteiger charge is 2.36. The van der Waals surface area contributed by atoms with Crippen LogP contribution in [-0.4, -0.2) is 49.6 Å². The molecule has 0 aromatic heterocycles. The highest BCUT2D eigenvalue weighted by atomic mass is 16.5. The van der Waals surface area contributed by atoms with Crippen molar-refractivity contribution in [2.75, 3.05) is 20.8 Å². The van der Waals surface area contributed by atoms with Crippen molar-refractivity contribution < 1.29 is 19.1 Å².